The molecule has 0 aromatic heterocycles. The summed E-state index contributed by atoms with van der Waals surface area (Å²) in [5, 5.41) is 12.8. The first kappa shape index (κ1) is 11.7. The van der Waals surface area contributed by atoms with Crippen LogP contribution in [0.2, 0.25) is 5.02 Å². The van der Waals surface area contributed by atoms with E-state index in [1.165, 1.54) is 18.2 Å². The standard InChI is InChI=1S/C8H6Cl2N2O3/c9-4-8(13)11-5-1-2-7(12(14)15)6(10)3-5/h1-3H,4H2,(H,11,13). The number of carbonyl (C=O) groups excluding carboxylic acids is 1. The second-order valence-electron chi connectivity index (χ2n) is 2.61. The third kappa shape index (κ3) is 3.07. The molecule has 0 unspecified atom stereocenters. The van der Waals surface area contributed by atoms with Gasteiger partial charge < -0.3 is 5.32 Å². The first-order valence-corrected chi connectivity index (χ1v) is 4.75. The van der Waals surface area contributed by atoms with Gasteiger partial charge in [0.1, 0.15) is 10.9 Å². The molecule has 0 radical (unpaired) electrons. The monoisotopic (exact) mass is 248 g/mol. The van der Waals surface area contributed by atoms with Crippen LogP contribution in [-0.2, 0) is 4.79 Å². The largest absolute Gasteiger partial charge is 0.325 e. The van der Waals surface area contributed by atoms with Gasteiger partial charge in [-0.15, -0.1) is 11.6 Å². The van der Waals surface area contributed by atoms with Gasteiger partial charge in [-0.2, -0.15) is 0 Å². The van der Waals surface area contributed by atoms with Crippen molar-refractivity contribution >= 4 is 40.5 Å². The summed E-state index contributed by atoms with van der Waals surface area (Å²) in [7, 11) is 0. The van der Waals surface area contributed by atoms with Gasteiger partial charge in [0, 0.05) is 11.8 Å². The van der Waals surface area contributed by atoms with E-state index in [1.807, 2.05) is 0 Å². The van der Waals surface area contributed by atoms with Gasteiger partial charge in [-0.25, -0.2) is 0 Å². The molecule has 1 aromatic rings. The van der Waals surface area contributed by atoms with Crippen molar-refractivity contribution in [2.45, 2.75) is 0 Å². The first-order chi connectivity index (χ1) is 7.04. The van der Waals surface area contributed by atoms with E-state index in [0.717, 1.165) is 0 Å². The average Bonchev–Trinajstić information content (AvgIpc) is 2.17. The Labute approximate surface area is 95.1 Å². The molecule has 1 aromatic carbocycles. The summed E-state index contributed by atoms with van der Waals surface area (Å²) < 4.78 is 0. The van der Waals surface area contributed by atoms with Crippen molar-refractivity contribution in [3.63, 3.8) is 0 Å². The van der Waals surface area contributed by atoms with Gasteiger partial charge in [0.15, 0.2) is 0 Å². The number of hydrogen-bond donors (Lipinski definition) is 1. The molecule has 0 heterocycles. The summed E-state index contributed by atoms with van der Waals surface area (Å²) in [6, 6.07) is 3.89. The number of amides is 1. The number of nitrogens with one attached hydrogen (secondary N) is 1. The Morgan fingerprint density at radius 1 is 1.53 bits per heavy atom. The summed E-state index contributed by atoms with van der Waals surface area (Å²) in [4.78, 5) is 20.7. The highest BCUT2D eigenvalue weighted by Crippen LogP contribution is 2.27. The number of carbonyl (C=O) groups is 1. The molecule has 15 heavy (non-hydrogen) atoms. The third-order valence-electron chi connectivity index (χ3n) is 1.55. The fourth-order valence-electron chi connectivity index (χ4n) is 0.927. The molecule has 1 rings (SSSR count). The minimum Gasteiger partial charge on any atom is -0.325 e. The second kappa shape index (κ2) is 4.95. The fraction of sp³-hybridized carbons (Fsp3) is 0.125. The Morgan fingerprint density at radius 3 is 2.67 bits per heavy atom. The fourth-order valence-corrected chi connectivity index (χ4v) is 1.24. The first-order valence-electron chi connectivity index (χ1n) is 3.84. The highest BCUT2D eigenvalue weighted by atomic mass is 35.5. The van der Waals surface area contributed by atoms with E-state index in [4.69, 9.17) is 23.2 Å². The van der Waals surface area contributed by atoms with Gasteiger partial charge in [-0.3, -0.25) is 14.9 Å². The van der Waals surface area contributed by atoms with Crippen molar-refractivity contribution in [1.29, 1.82) is 0 Å². The molecule has 7 heteroatoms. The molecule has 0 aliphatic heterocycles. The molecule has 0 fully saturated rings. The lowest BCUT2D eigenvalue weighted by Crippen LogP contribution is -2.12. The van der Waals surface area contributed by atoms with Gasteiger partial charge in [0.2, 0.25) is 5.91 Å². The Kier molecular flexibility index (Phi) is 3.88. The summed E-state index contributed by atoms with van der Waals surface area (Å²) in [5.41, 5.74) is 0.164. The molecule has 0 saturated heterocycles. The molecule has 0 aliphatic carbocycles. The number of nitro benzene ring substituents is 1. The third-order valence-corrected chi connectivity index (χ3v) is 2.09. The van der Waals surface area contributed by atoms with Crippen molar-refractivity contribution in [3.8, 4) is 0 Å². The van der Waals surface area contributed by atoms with Gasteiger partial charge >= 0.3 is 0 Å². The maximum atomic E-state index is 10.9. The Bertz CT molecular complexity index is 409. The molecule has 5 nitrogen and oxygen atoms in total. The number of hydrogen-bond acceptors (Lipinski definition) is 3. The van der Waals surface area contributed by atoms with Gasteiger partial charge in [0.25, 0.3) is 5.69 Å². The van der Waals surface area contributed by atoms with Crippen molar-refractivity contribution in [1.82, 2.24) is 0 Å². The predicted octanol–water partition coefficient (Wildman–Crippen LogP) is 2.43. The molecule has 0 saturated carbocycles. The van der Waals surface area contributed by atoms with Gasteiger partial charge in [-0.1, -0.05) is 11.6 Å². The summed E-state index contributed by atoms with van der Waals surface area (Å²) >= 11 is 10.9. The Morgan fingerprint density at radius 2 is 2.20 bits per heavy atom. The SMILES string of the molecule is O=C(CCl)Nc1ccc([N+](=O)[O-])c(Cl)c1. The van der Waals surface area contributed by atoms with E-state index in [-0.39, 0.29) is 16.6 Å². The topological polar surface area (TPSA) is 72.2 Å². The number of nitrogens with zero attached hydrogens (tertiary/aromatic N) is 1. The Balaban J connectivity index is 2.91. The van der Waals surface area contributed by atoms with E-state index < -0.39 is 10.8 Å². The maximum Gasteiger partial charge on any atom is 0.288 e. The second-order valence-corrected chi connectivity index (χ2v) is 3.28. The highest BCUT2D eigenvalue weighted by Gasteiger charge is 2.12. The van der Waals surface area contributed by atoms with Crippen LogP contribution in [0.15, 0.2) is 18.2 Å². The van der Waals surface area contributed by atoms with E-state index in [9.17, 15) is 14.9 Å². The van der Waals surface area contributed by atoms with E-state index in [1.54, 1.807) is 0 Å². The van der Waals surface area contributed by atoms with Crippen LogP contribution in [0, 0.1) is 10.1 Å². The quantitative estimate of drug-likeness (QED) is 0.508. The molecule has 0 spiro atoms. The number of benzene rings is 1. The number of rotatable bonds is 3. The lowest BCUT2D eigenvalue weighted by atomic mass is 10.3. The molecular formula is C8H6Cl2N2O3. The zero-order valence-corrected chi connectivity index (χ0v) is 8.88. The van der Waals surface area contributed by atoms with Crippen LogP contribution < -0.4 is 5.32 Å². The lowest BCUT2D eigenvalue weighted by molar-refractivity contribution is -0.384. The lowest BCUT2D eigenvalue weighted by Gasteiger charge is -2.03. The maximum absolute atomic E-state index is 10.9. The van der Waals surface area contributed by atoms with Gasteiger partial charge in [0.05, 0.1) is 4.92 Å². The zero-order chi connectivity index (χ0) is 11.4. The summed E-state index contributed by atoms with van der Waals surface area (Å²) in [6.07, 6.45) is 0. The minimum atomic E-state index is -0.602. The zero-order valence-electron chi connectivity index (χ0n) is 7.37. The van der Waals surface area contributed by atoms with E-state index in [0.29, 0.717) is 5.69 Å². The molecule has 0 atom stereocenters. The highest BCUT2D eigenvalue weighted by molar-refractivity contribution is 6.33. The molecule has 80 valence electrons. The molecule has 1 N–H and O–H groups in total. The number of halogens is 2. The molecular weight excluding hydrogens is 243 g/mol. The van der Waals surface area contributed by atoms with Crippen LogP contribution in [0.4, 0.5) is 11.4 Å². The molecule has 0 bridgehead atoms. The van der Waals surface area contributed by atoms with Crippen LogP contribution >= 0.6 is 23.2 Å². The van der Waals surface area contributed by atoms with Crippen molar-refractivity contribution in [2.24, 2.45) is 0 Å². The van der Waals surface area contributed by atoms with Gasteiger partial charge in [-0.05, 0) is 12.1 Å². The van der Waals surface area contributed by atoms with Crippen LogP contribution in [-0.4, -0.2) is 16.7 Å². The van der Waals surface area contributed by atoms with Crippen LogP contribution in [0.25, 0.3) is 0 Å². The Hall–Kier alpha value is -1.33. The van der Waals surface area contributed by atoms with Crippen LogP contribution in [0.5, 0.6) is 0 Å². The predicted molar refractivity (Wildman–Crippen MR) is 57.5 cm³/mol. The average molecular weight is 249 g/mol. The number of alkyl halides is 1. The summed E-state index contributed by atoms with van der Waals surface area (Å²) in [6.45, 7) is 0. The summed E-state index contributed by atoms with van der Waals surface area (Å²) in [5.74, 6) is -0.587. The molecule has 0 aliphatic rings. The molecule has 1 amide bonds. The smallest absolute Gasteiger partial charge is 0.288 e. The van der Waals surface area contributed by atoms with Crippen molar-refractivity contribution in [2.75, 3.05) is 11.2 Å². The van der Waals surface area contributed by atoms with E-state index in [2.05, 4.69) is 5.32 Å². The minimum absolute atomic E-state index is 0.0348. The van der Waals surface area contributed by atoms with Crippen LogP contribution in [0.3, 0.4) is 0 Å². The van der Waals surface area contributed by atoms with Crippen molar-refractivity contribution in [3.05, 3.63) is 33.3 Å². The normalized spacial score (nSPS) is 9.73. The number of anilines is 1. The van der Waals surface area contributed by atoms with E-state index >= 15 is 0 Å². The van der Waals surface area contributed by atoms with Crippen molar-refractivity contribution < 1.29 is 9.72 Å². The number of nitro groups is 1. The van der Waals surface area contributed by atoms with Crippen LogP contribution in [0.1, 0.15) is 0 Å².